The van der Waals surface area contributed by atoms with E-state index < -0.39 is 0 Å². The van der Waals surface area contributed by atoms with Gasteiger partial charge in [0.2, 0.25) is 0 Å². The van der Waals surface area contributed by atoms with Gasteiger partial charge in [0, 0.05) is 25.0 Å². The van der Waals surface area contributed by atoms with E-state index in [-0.39, 0.29) is 0 Å². The maximum absolute atomic E-state index is 4.66. The molecule has 0 spiro atoms. The number of nitrogens with zero attached hydrogens (tertiary/aromatic N) is 4. The lowest BCUT2D eigenvalue weighted by Crippen LogP contribution is -2.39. The van der Waals surface area contributed by atoms with Crippen LogP contribution >= 0.6 is 11.3 Å². The number of aromatic nitrogens is 3. The van der Waals surface area contributed by atoms with Crippen molar-refractivity contribution in [3.63, 3.8) is 0 Å². The van der Waals surface area contributed by atoms with Crippen molar-refractivity contribution in [1.29, 1.82) is 0 Å². The molecule has 6 nitrogen and oxygen atoms in total. The highest BCUT2D eigenvalue weighted by Crippen LogP contribution is 2.08. The van der Waals surface area contributed by atoms with Crippen molar-refractivity contribution in [3.8, 4) is 0 Å². The van der Waals surface area contributed by atoms with Crippen molar-refractivity contribution in [2.24, 2.45) is 12.0 Å². The van der Waals surface area contributed by atoms with Crippen LogP contribution in [0.2, 0.25) is 0 Å². The Labute approximate surface area is 148 Å². The van der Waals surface area contributed by atoms with Crippen molar-refractivity contribution >= 4 is 17.3 Å². The molecule has 2 aromatic rings. The molecule has 0 radical (unpaired) electrons. The second-order valence-electron chi connectivity index (χ2n) is 5.78. The van der Waals surface area contributed by atoms with E-state index in [1.54, 1.807) is 11.3 Å². The van der Waals surface area contributed by atoms with Crippen LogP contribution in [0.3, 0.4) is 0 Å². The molecule has 0 fully saturated rings. The van der Waals surface area contributed by atoms with Crippen molar-refractivity contribution in [1.82, 2.24) is 25.4 Å². The minimum absolute atomic E-state index is 0.527. The summed E-state index contributed by atoms with van der Waals surface area (Å²) in [6.45, 7) is 6.50. The predicted molar refractivity (Wildman–Crippen MR) is 100 cm³/mol. The monoisotopic (exact) mass is 348 g/mol. The van der Waals surface area contributed by atoms with Gasteiger partial charge < -0.3 is 15.2 Å². The number of aryl methyl sites for hydroxylation is 1. The Bertz CT molecular complexity index is 617. The molecule has 2 N–H and O–H groups in total. The Kier molecular flexibility index (Phi) is 7.74. The molecular formula is C17H28N6S. The fourth-order valence-corrected chi connectivity index (χ4v) is 2.96. The predicted octanol–water partition coefficient (Wildman–Crippen LogP) is 2.65. The third kappa shape index (κ3) is 5.96. The highest BCUT2D eigenvalue weighted by molar-refractivity contribution is 7.09. The summed E-state index contributed by atoms with van der Waals surface area (Å²) in [5.74, 6) is 2.63. The van der Waals surface area contributed by atoms with Crippen molar-refractivity contribution < 1.29 is 0 Å². The van der Waals surface area contributed by atoms with Crippen LogP contribution in [-0.4, -0.2) is 33.8 Å². The van der Waals surface area contributed by atoms with Crippen LogP contribution in [0, 0.1) is 6.92 Å². The summed E-state index contributed by atoms with van der Waals surface area (Å²) in [5, 5.41) is 17.2. The molecule has 132 valence electrons. The average Bonchev–Trinajstić information content (AvgIpc) is 3.20. The van der Waals surface area contributed by atoms with E-state index in [0.29, 0.717) is 6.54 Å². The Balaban J connectivity index is 1.87. The van der Waals surface area contributed by atoms with E-state index in [1.807, 2.05) is 18.5 Å². The molecule has 2 heterocycles. The lowest BCUT2D eigenvalue weighted by molar-refractivity contribution is 0.678. The Hall–Kier alpha value is -1.89. The van der Waals surface area contributed by atoms with E-state index in [2.05, 4.69) is 50.3 Å². The SMILES string of the molecule is CCCCCNC(=NCc1nnc(C)n1C)NCCc1cccs1. The first-order chi connectivity index (χ1) is 11.7. The molecule has 2 rings (SSSR count). The summed E-state index contributed by atoms with van der Waals surface area (Å²) in [4.78, 5) is 6.05. The van der Waals surface area contributed by atoms with Crippen LogP contribution in [0.4, 0.5) is 0 Å². The first-order valence-corrected chi connectivity index (χ1v) is 9.48. The molecule has 0 aromatic carbocycles. The van der Waals surface area contributed by atoms with Gasteiger partial charge in [0.05, 0.1) is 0 Å². The first-order valence-electron chi connectivity index (χ1n) is 8.60. The van der Waals surface area contributed by atoms with Gasteiger partial charge >= 0.3 is 0 Å². The summed E-state index contributed by atoms with van der Waals surface area (Å²) >= 11 is 1.79. The summed E-state index contributed by atoms with van der Waals surface area (Å²) in [6.07, 6.45) is 4.62. The van der Waals surface area contributed by atoms with E-state index in [1.165, 1.54) is 17.7 Å². The maximum Gasteiger partial charge on any atom is 0.191 e. The standard InChI is InChI=1S/C17H28N6S/c1-4-5-6-10-18-17(19-11-9-15-8-7-12-24-15)20-13-16-22-21-14(2)23(16)3/h7-8,12H,4-6,9-11,13H2,1-3H3,(H2,18,19,20). The van der Waals surface area contributed by atoms with Crippen molar-refractivity contribution in [2.45, 2.75) is 46.1 Å². The van der Waals surface area contributed by atoms with Gasteiger partial charge in [-0.05, 0) is 31.2 Å². The van der Waals surface area contributed by atoms with E-state index in [0.717, 1.165) is 43.5 Å². The molecule has 7 heteroatoms. The minimum atomic E-state index is 0.527. The normalized spacial score (nSPS) is 11.7. The number of hydrogen-bond donors (Lipinski definition) is 2. The number of guanidine groups is 1. The quantitative estimate of drug-likeness (QED) is 0.415. The van der Waals surface area contributed by atoms with Crippen LogP contribution in [0.25, 0.3) is 0 Å². The zero-order chi connectivity index (χ0) is 17.2. The lowest BCUT2D eigenvalue weighted by Gasteiger charge is -2.12. The van der Waals surface area contributed by atoms with E-state index >= 15 is 0 Å². The van der Waals surface area contributed by atoms with Crippen LogP contribution in [-0.2, 0) is 20.0 Å². The average molecular weight is 349 g/mol. The molecule has 0 amide bonds. The molecule has 0 aliphatic rings. The van der Waals surface area contributed by atoms with Crippen molar-refractivity contribution in [2.75, 3.05) is 13.1 Å². The number of hydrogen-bond acceptors (Lipinski definition) is 4. The molecule has 0 saturated heterocycles. The molecule has 0 saturated carbocycles. The van der Waals surface area contributed by atoms with Gasteiger partial charge in [0.15, 0.2) is 11.8 Å². The van der Waals surface area contributed by atoms with Gasteiger partial charge in [-0.3, -0.25) is 0 Å². The van der Waals surface area contributed by atoms with E-state index in [4.69, 9.17) is 0 Å². The Morgan fingerprint density at radius 3 is 2.75 bits per heavy atom. The Morgan fingerprint density at radius 1 is 1.25 bits per heavy atom. The third-order valence-electron chi connectivity index (χ3n) is 3.88. The molecular weight excluding hydrogens is 320 g/mol. The summed E-state index contributed by atoms with van der Waals surface area (Å²) < 4.78 is 1.98. The fraction of sp³-hybridized carbons (Fsp3) is 0.588. The van der Waals surface area contributed by atoms with E-state index in [9.17, 15) is 0 Å². The fourth-order valence-electron chi connectivity index (χ4n) is 2.25. The number of thiophene rings is 1. The van der Waals surface area contributed by atoms with Crippen LogP contribution in [0.15, 0.2) is 22.5 Å². The van der Waals surface area contributed by atoms with Gasteiger partial charge in [0.1, 0.15) is 12.4 Å². The Morgan fingerprint density at radius 2 is 2.08 bits per heavy atom. The largest absolute Gasteiger partial charge is 0.356 e. The lowest BCUT2D eigenvalue weighted by atomic mass is 10.2. The second kappa shape index (κ2) is 10.1. The van der Waals surface area contributed by atoms with Gasteiger partial charge in [-0.15, -0.1) is 21.5 Å². The van der Waals surface area contributed by atoms with Crippen LogP contribution in [0.1, 0.15) is 42.7 Å². The highest BCUT2D eigenvalue weighted by atomic mass is 32.1. The third-order valence-corrected chi connectivity index (χ3v) is 4.81. The smallest absolute Gasteiger partial charge is 0.191 e. The number of unbranched alkanes of at least 4 members (excludes halogenated alkanes) is 2. The number of rotatable bonds is 9. The summed E-state index contributed by atoms with van der Waals surface area (Å²) in [5.41, 5.74) is 0. The summed E-state index contributed by atoms with van der Waals surface area (Å²) in [7, 11) is 1.97. The summed E-state index contributed by atoms with van der Waals surface area (Å²) in [6, 6.07) is 4.26. The molecule has 0 atom stereocenters. The zero-order valence-electron chi connectivity index (χ0n) is 14.9. The van der Waals surface area contributed by atoms with Gasteiger partial charge in [-0.1, -0.05) is 25.8 Å². The molecule has 0 unspecified atom stereocenters. The minimum Gasteiger partial charge on any atom is -0.356 e. The van der Waals surface area contributed by atoms with Crippen molar-refractivity contribution in [3.05, 3.63) is 34.0 Å². The van der Waals surface area contributed by atoms with Gasteiger partial charge in [-0.25, -0.2) is 4.99 Å². The topological polar surface area (TPSA) is 67.1 Å². The molecule has 0 bridgehead atoms. The second-order valence-corrected chi connectivity index (χ2v) is 6.81. The molecule has 0 aliphatic carbocycles. The van der Waals surface area contributed by atoms with Gasteiger partial charge in [-0.2, -0.15) is 0 Å². The zero-order valence-corrected chi connectivity index (χ0v) is 15.7. The number of nitrogens with one attached hydrogen (secondary N) is 2. The molecule has 0 aliphatic heterocycles. The molecule has 24 heavy (non-hydrogen) atoms. The maximum atomic E-state index is 4.66. The first kappa shape index (κ1) is 18.4. The van der Waals surface area contributed by atoms with Crippen LogP contribution < -0.4 is 10.6 Å². The van der Waals surface area contributed by atoms with Gasteiger partial charge in [0.25, 0.3) is 0 Å². The number of aliphatic imine (C=N–C) groups is 1. The molecule has 2 aromatic heterocycles. The highest BCUT2D eigenvalue weighted by Gasteiger charge is 2.05. The van der Waals surface area contributed by atoms with Crippen LogP contribution in [0.5, 0.6) is 0 Å².